The van der Waals surface area contributed by atoms with E-state index in [-0.39, 0.29) is 16.4 Å². The number of aromatic nitrogens is 1. The normalized spacial score (nSPS) is 10.2. The van der Waals surface area contributed by atoms with Crippen LogP contribution in [0.4, 0.5) is 15.9 Å². The van der Waals surface area contributed by atoms with Crippen LogP contribution in [0.1, 0.15) is 10.4 Å². The number of pyridine rings is 1. The maximum Gasteiger partial charge on any atom is 0.255 e. The number of nitrogens with zero attached hydrogens (tertiary/aromatic N) is 1. The zero-order chi connectivity index (χ0) is 14.7. The Kier molecular flexibility index (Phi) is 4.57. The molecule has 4 nitrogen and oxygen atoms in total. The number of anilines is 2. The van der Waals surface area contributed by atoms with Gasteiger partial charge in [0.05, 0.1) is 5.69 Å². The molecule has 1 amide bonds. The standard InChI is InChI=1S/C13H10BrClFN3O/c1-17-12-5-7(4-11(15)19-12)13(20)18-10-3-2-8(14)6-9(10)16/h2-6H,1H3,(H,17,19)(H,18,20). The van der Waals surface area contributed by atoms with Crippen molar-refractivity contribution in [2.75, 3.05) is 17.7 Å². The van der Waals surface area contributed by atoms with Gasteiger partial charge in [0.15, 0.2) is 0 Å². The summed E-state index contributed by atoms with van der Waals surface area (Å²) in [5.74, 6) is -0.535. The fraction of sp³-hybridized carbons (Fsp3) is 0.0769. The third-order valence-electron chi connectivity index (χ3n) is 2.49. The van der Waals surface area contributed by atoms with E-state index in [1.54, 1.807) is 13.1 Å². The molecule has 0 spiro atoms. The van der Waals surface area contributed by atoms with Crippen molar-refractivity contribution >= 4 is 44.9 Å². The van der Waals surface area contributed by atoms with Crippen molar-refractivity contribution in [1.82, 2.24) is 4.98 Å². The van der Waals surface area contributed by atoms with Crippen LogP contribution in [0.2, 0.25) is 5.15 Å². The third-order valence-corrected chi connectivity index (χ3v) is 3.18. The molecule has 0 radical (unpaired) electrons. The number of amides is 1. The fourth-order valence-electron chi connectivity index (χ4n) is 1.54. The number of carbonyl (C=O) groups is 1. The minimum Gasteiger partial charge on any atom is -0.373 e. The van der Waals surface area contributed by atoms with Gasteiger partial charge in [0.25, 0.3) is 5.91 Å². The summed E-state index contributed by atoms with van der Waals surface area (Å²) in [6.07, 6.45) is 0. The molecule has 7 heteroatoms. The molecular weight excluding hydrogens is 349 g/mol. The average molecular weight is 359 g/mol. The Morgan fingerprint density at radius 3 is 2.75 bits per heavy atom. The summed E-state index contributed by atoms with van der Waals surface area (Å²) in [6.45, 7) is 0. The quantitative estimate of drug-likeness (QED) is 0.817. The van der Waals surface area contributed by atoms with Gasteiger partial charge in [-0.15, -0.1) is 0 Å². The number of hydrogen-bond donors (Lipinski definition) is 2. The Balaban J connectivity index is 2.26. The van der Waals surface area contributed by atoms with Crippen LogP contribution in [-0.2, 0) is 0 Å². The molecule has 0 fully saturated rings. The lowest BCUT2D eigenvalue weighted by Crippen LogP contribution is -2.13. The minimum atomic E-state index is -0.526. The molecule has 0 saturated carbocycles. The van der Waals surface area contributed by atoms with E-state index in [1.165, 1.54) is 24.3 Å². The van der Waals surface area contributed by atoms with Crippen molar-refractivity contribution < 1.29 is 9.18 Å². The molecule has 0 aliphatic rings. The van der Waals surface area contributed by atoms with Gasteiger partial charge < -0.3 is 10.6 Å². The van der Waals surface area contributed by atoms with Crippen molar-refractivity contribution in [3.63, 3.8) is 0 Å². The van der Waals surface area contributed by atoms with Crippen molar-refractivity contribution in [3.05, 3.63) is 51.3 Å². The first-order chi connectivity index (χ1) is 9.49. The molecular formula is C13H10BrClFN3O. The van der Waals surface area contributed by atoms with Crippen LogP contribution < -0.4 is 10.6 Å². The monoisotopic (exact) mass is 357 g/mol. The van der Waals surface area contributed by atoms with Gasteiger partial charge >= 0.3 is 0 Å². The zero-order valence-electron chi connectivity index (χ0n) is 10.4. The fourth-order valence-corrected chi connectivity index (χ4v) is 2.08. The van der Waals surface area contributed by atoms with Gasteiger partial charge in [-0.2, -0.15) is 0 Å². The van der Waals surface area contributed by atoms with Crippen LogP contribution in [0.15, 0.2) is 34.8 Å². The van der Waals surface area contributed by atoms with Gasteiger partial charge in [-0.05, 0) is 30.3 Å². The van der Waals surface area contributed by atoms with Crippen molar-refractivity contribution in [1.29, 1.82) is 0 Å². The van der Waals surface area contributed by atoms with Crippen LogP contribution in [0.5, 0.6) is 0 Å². The van der Waals surface area contributed by atoms with Crippen molar-refractivity contribution in [2.24, 2.45) is 0 Å². The molecule has 1 heterocycles. The summed E-state index contributed by atoms with van der Waals surface area (Å²) in [5, 5.41) is 5.45. The first-order valence-electron chi connectivity index (χ1n) is 5.61. The van der Waals surface area contributed by atoms with Gasteiger partial charge in [-0.1, -0.05) is 27.5 Å². The largest absolute Gasteiger partial charge is 0.373 e. The van der Waals surface area contributed by atoms with Crippen LogP contribution in [0.25, 0.3) is 0 Å². The molecule has 1 aromatic heterocycles. The van der Waals surface area contributed by atoms with Gasteiger partial charge in [-0.3, -0.25) is 4.79 Å². The molecule has 2 rings (SSSR count). The highest BCUT2D eigenvalue weighted by atomic mass is 79.9. The Labute approximate surface area is 128 Å². The van der Waals surface area contributed by atoms with Crippen LogP contribution in [0, 0.1) is 5.82 Å². The van der Waals surface area contributed by atoms with Crippen LogP contribution in [0.3, 0.4) is 0 Å². The molecule has 0 atom stereocenters. The molecule has 2 aromatic rings. The topological polar surface area (TPSA) is 54.0 Å². The lowest BCUT2D eigenvalue weighted by Gasteiger charge is -2.08. The summed E-state index contributed by atoms with van der Waals surface area (Å²) in [4.78, 5) is 16.0. The maximum absolute atomic E-state index is 13.7. The Bertz CT molecular complexity index is 666. The Hall–Kier alpha value is -1.66. The van der Waals surface area contributed by atoms with Crippen LogP contribution in [-0.4, -0.2) is 17.9 Å². The highest BCUT2D eigenvalue weighted by molar-refractivity contribution is 9.10. The van der Waals surface area contributed by atoms with E-state index in [0.29, 0.717) is 10.3 Å². The Morgan fingerprint density at radius 1 is 1.35 bits per heavy atom. The number of rotatable bonds is 3. The van der Waals surface area contributed by atoms with Crippen LogP contribution >= 0.6 is 27.5 Å². The van der Waals surface area contributed by atoms with E-state index >= 15 is 0 Å². The van der Waals surface area contributed by atoms with E-state index in [1.807, 2.05) is 0 Å². The molecule has 0 aliphatic carbocycles. The van der Waals surface area contributed by atoms with Crippen molar-refractivity contribution in [2.45, 2.75) is 0 Å². The molecule has 2 N–H and O–H groups in total. The second-order valence-corrected chi connectivity index (χ2v) is 5.20. The van der Waals surface area contributed by atoms with Gasteiger partial charge in [0.1, 0.15) is 16.8 Å². The number of halogens is 3. The lowest BCUT2D eigenvalue weighted by atomic mass is 10.2. The smallest absolute Gasteiger partial charge is 0.255 e. The average Bonchev–Trinajstić information content (AvgIpc) is 2.41. The first kappa shape index (κ1) is 14.7. The summed E-state index contributed by atoms with van der Waals surface area (Å²) in [5.41, 5.74) is 0.383. The second kappa shape index (κ2) is 6.19. The summed E-state index contributed by atoms with van der Waals surface area (Å²) < 4.78 is 14.3. The number of benzene rings is 1. The summed E-state index contributed by atoms with van der Waals surface area (Å²) in [6, 6.07) is 7.32. The Morgan fingerprint density at radius 2 is 2.10 bits per heavy atom. The predicted molar refractivity (Wildman–Crippen MR) is 80.8 cm³/mol. The van der Waals surface area contributed by atoms with E-state index in [0.717, 1.165) is 0 Å². The van der Waals surface area contributed by atoms with Gasteiger partial charge in [0, 0.05) is 17.1 Å². The summed E-state index contributed by atoms with van der Waals surface area (Å²) in [7, 11) is 1.66. The molecule has 0 unspecified atom stereocenters. The third kappa shape index (κ3) is 3.46. The van der Waals surface area contributed by atoms with Gasteiger partial charge in [0.2, 0.25) is 0 Å². The van der Waals surface area contributed by atoms with Crippen molar-refractivity contribution in [3.8, 4) is 0 Å². The number of nitrogens with one attached hydrogen (secondary N) is 2. The zero-order valence-corrected chi connectivity index (χ0v) is 12.7. The van der Waals surface area contributed by atoms with E-state index in [9.17, 15) is 9.18 Å². The second-order valence-electron chi connectivity index (χ2n) is 3.89. The highest BCUT2D eigenvalue weighted by Crippen LogP contribution is 2.21. The highest BCUT2D eigenvalue weighted by Gasteiger charge is 2.12. The summed E-state index contributed by atoms with van der Waals surface area (Å²) >= 11 is 8.97. The predicted octanol–water partition coefficient (Wildman–Crippen LogP) is 3.93. The molecule has 1 aromatic carbocycles. The molecule has 0 bridgehead atoms. The molecule has 0 aliphatic heterocycles. The molecule has 0 saturated heterocycles. The number of carbonyl (C=O) groups excluding carboxylic acids is 1. The molecule has 104 valence electrons. The van der Waals surface area contributed by atoms with E-state index < -0.39 is 11.7 Å². The molecule has 20 heavy (non-hydrogen) atoms. The van der Waals surface area contributed by atoms with E-state index in [4.69, 9.17) is 11.6 Å². The lowest BCUT2D eigenvalue weighted by molar-refractivity contribution is 0.102. The SMILES string of the molecule is CNc1cc(C(=O)Nc2ccc(Br)cc2F)cc(Cl)n1. The maximum atomic E-state index is 13.7. The number of hydrogen-bond acceptors (Lipinski definition) is 3. The first-order valence-corrected chi connectivity index (χ1v) is 6.78. The van der Waals surface area contributed by atoms with E-state index in [2.05, 4.69) is 31.5 Å². The van der Waals surface area contributed by atoms with Gasteiger partial charge in [-0.25, -0.2) is 9.37 Å². The minimum absolute atomic E-state index is 0.0946.